The van der Waals surface area contributed by atoms with E-state index < -0.39 is 11.6 Å². The van der Waals surface area contributed by atoms with E-state index in [1.165, 1.54) is 0 Å². The van der Waals surface area contributed by atoms with Gasteiger partial charge in [0, 0.05) is 5.56 Å². The first-order valence-corrected chi connectivity index (χ1v) is 5.53. The molecule has 0 aliphatic carbocycles. The number of hydrogen-bond donors (Lipinski definition) is 1. The Morgan fingerprint density at radius 3 is 2.33 bits per heavy atom. The normalized spacial score (nSPS) is 10.4. The van der Waals surface area contributed by atoms with Gasteiger partial charge in [0.2, 0.25) is 0 Å². The molecule has 1 aromatic rings. The number of halogens is 2. The molecular weight excluding hydrogens is 220 g/mol. The van der Waals surface area contributed by atoms with Gasteiger partial charge < -0.3 is 5.32 Å². The van der Waals surface area contributed by atoms with Crippen LogP contribution in [-0.4, -0.2) is 25.6 Å². The summed E-state index contributed by atoms with van der Waals surface area (Å²) in [5.41, 5.74) is 0.0529. The van der Waals surface area contributed by atoms with E-state index in [4.69, 9.17) is 0 Å². The number of carbonyl (C=O) groups is 1. The lowest BCUT2D eigenvalue weighted by Crippen LogP contribution is -2.18. The lowest BCUT2D eigenvalue weighted by Gasteiger charge is -2.05. The number of likely N-dealkylation sites (N-methyl/N-ethyl adjacent to an activating group) is 1. The number of thioether (sulfide) groups is 1. The maximum atomic E-state index is 13.3. The molecule has 1 rings (SSSR count). The van der Waals surface area contributed by atoms with Gasteiger partial charge in [-0.25, -0.2) is 8.78 Å². The average molecular weight is 231 g/mol. The van der Waals surface area contributed by atoms with Crippen molar-refractivity contribution in [3.8, 4) is 0 Å². The van der Waals surface area contributed by atoms with Crippen molar-refractivity contribution in [2.45, 2.75) is 4.90 Å². The van der Waals surface area contributed by atoms with Gasteiger partial charge in [-0.15, -0.1) is 11.8 Å². The molecule has 0 fully saturated rings. The molecule has 5 heteroatoms. The summed E-state index contributed by atoms with van der Waals surface area (Å²) in [7, 11) is 1.60. The molecule has 0 radical (unpaired) electrons. The second kappa shape index (κ2) is 5.23. The van der Waals surface area contributed by atoms with E-state index in [0.717, 1.165) is 23.9 Å². The maximum Gasteiger partial charge on any atom is 0.176 e. The Morgan fingerprint density at radius 1 is 1.40 bits per heavy atom. The van der Waals surface area contributed by atoms with Crippen molar-refractivity contribution < 1.29 is 13.6 Å². The molecule has 15 heavy (non-hydrogen) atoms. The van der Waals surface area contributed by atoms with Crippen LogP contribution in [0.25, 0.3) is 0 Å². The highest BCUT2D eigenvalue weighted by molar-refractivity contribution is 7.98. The summed E-state index contributed by atoms with van der Waals surface area (Å²) >= 11 is 0.979. The molecule has 2 nitrogen and oxygen atoms in total. The SMILES string of the molecule is CNCC(=O)c1cc(F)c(SC)c(F)c1. The smallest absolute Gasteiger partial charge is 0.176 e. The largest absolute Gasteiger partial charge is 0.313 e. The Morgan fingerprint density at radius 2 is 1.93 bits per heavy atom. The number of Topliss-reactive ketones (excluding diaryl/α,β-unsaturated/α-hetero) is 1. The third-order valence-electron chi connectivity index (χ3n) is 1.86. The van der Waals surface area contributed by atoms with Crippen LogP contribution < -0.4 is 5.32 Å². The minimum atomic E-state index is -0.693. The van der Waals surface area contributed by atoms with Crippen LogP contribution in [-0.2, 0) is 0 Å². The number of rotatable bonds is 4. The second-order valence-corrected chi connectivity index (χ2v) is 3.74. The number of nitrogens with one attached hydrogen (secondary N) is 1. The lowest BCUT2D eigenvalue weighted by molar-refractivity contribution is 0.0992. The second-order valence-electron chi connectivity index (χ2n) is 2.93. The summed E-state index contributed by atoms with van der Waals surface area (Å²) in [6, 6.07) is 2.13. The van der Waals surface area contributed by atoms with Crippen molar-refractivity contribution >= 4 is 17.5 Å². The molecule has 0 heterocycles. The molecule has 0 atom stereocenters. The molecular formula is C10H11F2NOS. The van der Waals surface area contributed by atoms with E-state index >= 15 is 0 Å². The maximum absolute atomic E-state index is 13.3. The Kier molecular flexibility index (Phi) is 4.23. The quantitative estimate of drug-likeness (QED) is 0.635. The van der Waals surface area contributed by atoms with Crippen LogP contribution in [0.5, 0.6) is 0 Å². The van der Waals surface area contributed by atoms with Crippen LogP contribution in [0, 0.1) is 11.6 Å². The Balaban J connectivity index is 3.08. The number of ketones is 1. The zero-order valence-electron chi connectivity index (χ0n) is 8.43. The van der Waals surface area contributed by atoms with E-state index in [-0.39, 0.29) is 22.8 Å². The Labute approximate surface area is 91.1 Å². The van der Waals surface area contributed by atoms with Crippen LogP contribution >= 0.6 is 11.8 Å². The van der Waals surface area contributed by atoms with Crippen molar-refractivity contribution in [2.24, 2.45) is 0 Å². The molecule has 0 saturated carbocycles. The van der Waals surface area contributed by atoms with Gasteiger partial charge in [-0.05, 0) is 25.4 Å². The van der Waals surface area contributed by atoms with Crippen molar-refractivity contribution in [3.63, 3.8) is 0 Å². The van der Waals surface area contributed by atoms with E-state index in [1.54, 1.807) is 13.3 Å². The number of carbonyl (C=O) groups excluding carboxylic acids is 1. The standard InChI is InChI=1S/C10H11F2NOS/c1-13-5-9(14)6-3-7(11)10(15-2)8(12)4-6/h3-4,13H,5H2,1-2H3. The van der Waals surface area contributed by atoms with Gasteiger partial charge in [-0.2, -0.15) is 0 Å². The van der Waals surface area contributed by atoms with Gasteiger partial charge in [-0.1, -0.05) is 0 Å². The number of benzene rings is 1. The van der Waals surface area contributed by atoms with E-state index in [0.29, 0.717) is 0 Å². The summed E-state index contributed by atoms with van der Waals surface area (Å²) in [6.45, 7) is 0.0670. The van der Waals surface area contributed by atoms with Gasteiger partial charge in [0.25, 0.3) is 0 Å². The van der Waals surface area contributed by atoms with Gasteiger partial charge in [0.05, 0.1) is 11.4 Å². The van der Waals surface area contributed by atoms with Gasteiger partial charge in [0.1, 0.15) is 11.6 Å². The van der Waals surface area contributed by atoms with Crippen LogP contribution in [0.1, 0.15) is 10.4 Å². The Bertz CT molecular complexity index is 359. The molecule has 0 amide bonds. The summed E-state index contributed by atoms with van der Waals surface area (Å²) in [6.07, 6.45) is 1.58. The van der Waals surface area contributed by atoms with Crippen molar-refractivity contribution in [1.29, 1.82) is 0 Å². The van der Waals surface area contributed by atoms with E-state index in [2.05, 4.69) is 5.32 Å². The minimum Gasteiger partial charge on any atom is -0.313 e. The average Bonchev–Trinajstić information content (AvgIpc) is 2.17. The lowest BCUT2D eigenvalue weighted by atomic mass is 10.1. The highest BCUT2D eigenvalue weighted by Crippen LogP contribution is 2.24. The zero-order chi connectivity index (χ0) is 11.4. The molecule has 0 saturated heterocycles. The predicted octanol–water partition coefficient (Wildman–Crippen LogP) is 2.09. The van der Waals surface area contributed by atoms with Crippen molar-refractivity contribution in [1.82, 2.24) is 5.32 Å². The van der Waals surface area contributed by atoms with Crippen LogP contribution in [0.15, 0.2) is 17.0 Å². The molecule has 82 valence electrons. The van der Waals surface area contributed by atoms with Gasteiger partial charge in [0.15, 0.2) is 5.78 Å². The third kappa shape index (κ3) is 2.76. The fourth-order valence-electron chi connectivity index (χ4n) is 1.18. The summed E-state index contributed by atoms with van der Waals surface area (Å²) in [5.74, 6) is -1.72. The van der Waals surface area contributed by atoms with Crippen molar-refractivity contribution in [2.75, 3.05) is 19.8 Å². The predicted molar refractivity (Wildman–Crippen MR) is 56.4 cm³/mol. The zero-order valence-corrected chi connectivity index (χ0v) is 9.25. The number of hydrogen-bond acceptors (Lipinski definition) is 3. The van der Waals surface area contributed by atoms with Gasteiger partial charge >= 0.3 is 0 Å². The van der Waals surface area contributed by atoms with E-state index in [1.807, 2.05) is 0 Å². The Hall–Kier alpha value is -0.940. The first kappa shape index (κ1) is 12.1. The first-order valence-electron chi connectivity index (χ1n) is 4.31. The fourth-order valence-corrected chi connectivity index (χ4v) is 1.69. The molecule has 0 aliphatic rings. The van der Waals surface area contributed by atoms with Crippen LogP contribution in [0.4, 0.5) is 8.78 Å². The van der Waals surface area contributed by atoms with Crippen LogP contribution in [0.3, 0.4) is 0 Å². The molecule has 0 aliphatic heterocycles. The summed E-state index contributed by atoms with van der Waals surface area (Å²) in [5, 5.41) is 2.63. The topological polar surface area (TPSA) is 29.1 Å². The van der Waals surface area contributed by atoms with Crippen molar-refractivity contribution in [3.05, 3.63) is 29.3 Å². The third-order valence-corrected chi connectivity index (χ3v) is 2.66. The minimum absolute atomic E-state index is 0.0529. The molecule has 0 unspecified atom stereocenters. The highest BCUT2D eigenvalue weighted by Gasteiger charge is 2.13. The molecule has 1 aromatic carbocycles. The van der Waals surface area contributed by atoms with Crippen LogP contribution in [0.2, 0.25) is 0 Å². The fraction of sp³-hybridized carbons (Fsp3) is 0.300. The monoisotopic (exact) mass is 231 g/mol. The molecule has 0 spiro atoms. The highest BCUT2D eigenvalue weighted by atomic mass is 32.2. The molecule has 0 aromatic heterocycles. The summed E-state index contributed by atoms with van der Waals surface area (Å²) < 4.78 is 26.6. The summed E-state index contributed by atoms with van der Waals surface area (Å²) in [4.78, 5) is 11.3. The first-order chi connectivity index (χ1) is 7.10. The molecule has 0 bridgehead atoms. The van der Waals surface area contributed by atoms with Gasteiger partial charge in [-0.3, -0.25) is 4.79 Å². The van der Waals surface area contributed by atoms with E-state index in [9.17, 15) is 13.6 Å². The molecule has 1 N–H and O–H groups in total.